The molecule has 1 aliphatic heterocycles. The number of rotatable bonds is 3. The smallest absolute Gasteiger partial charge is 0.259 e. The number of carbonyl (C=O) groups is 1. The van der Waals surface area contributed by atoms with Crippen LogP contribution in [0.5, 0.6) is 0 Å². The van der Waals surface area contributed by atoms with Gasteiger partial charge in [0.2, 0.25) is 0 Å². The van der Waals surface area contributed by atoms with Gasteiger partial charge in [0.1, 0.15) is 10.7 Å². The van der Waals surface area contributed by atoms with Crippen LogP contribution in [0.3, 0.4) is 0 Å². The molecule has 1 atom stereocenters. The first-order chi connectivity index (χ1) is 13.5. The molecule has 4 rings (SSSR count). The maximum atomic E-state index is 12.6. The molecule has 3 heterocycles. The van der Waals surface area contributed by atoms with Crippen LogP contribution in [0.1, 0.15) is 39.6 Å². The van der Waals surface area contributed by atoms with Crippen molar-refractivity contribution in [2.24, 2.45) is 0 Å². The highest BCUT2D eigenvalue weighted by atomic mass is 32.1. The lowest BCUT2D eigenvalue weighted by molar-refractivity contribution is 0.0575. The molecule has 1 aromatic carbocycles. The van der Waals surface area contributed by atoms with Gasteiger partial charge < -0.3 is 9.88 Å². The van der Waals surface area contributed by atoms with E-state index in [0.29, 0.717) is 24.3 Å². The minimum absolute atomic E-state index is 0.00575. The number of H-pyrrole nitrogens is 1. The van der Waals surface area contributed by atoms with Crippen molar-refractivity contribution in [3.05, 3.63) is 62.5 Å². The van der Waals surface area contributed by atoms with Gasteiger partial charge in [-0.05, 0) is 38.5 Å². The Bertz CT molecular complexity index is 1070. The molecule has 1 fully saturated rings. The summed E-state index contributed by atoms with van der Waals surface area (Å²) in [7, 11) is 0. The van der Waals surface area contributed by atoms with Gasteiger partial charge in [-0.1, -0.05) is 18.2 Å². The average molecular weight is 397 g/mol. The second-order valence-electron chi connectivity index (χ2n) is 7.28. The second kappa shape index (κ2) is 7.48. The summed E-state index contributed by atoms with van der Waals surface area (Å²) in [6.07, 6.45) is 0. The van der Waals surface area contributed by atoms with Gasteiger partial charge in [-0.2, -0.15) is 0 Å². The zero-order chi connectivity index (χ0) is 19.8. The maximum absolute atomic E-state index is 12.6. The van der Waals surface area contributed by atoms with E-state index in [-0.39, 0.29) is 17.5 Å². The van der Waals surface area contributed by atoms with E-state index in [1.165, 1.54) is 0 Å². The highest BCUT2D eigenvalue weighted by molar-refractivity contribution is 7.18. The molecule has 1 N–H and O–H groups in total. The number of hydrogen-bond acceptors (Lipinski definition) is 5. The molecule has 0 aliphatic carbocycles. The van der Waals surface area contributed by atoms with E-state index in [2.05, 4.69) is 16.8 Å². The minimum Gasteiger partial charge on any atom is -0.336 e. The van der Waals surface area contributed by atoms with E-state index in [9.17, 15) is 9.59 Å². The molecule has 7 heteroatoms. The summed E-state index contributed by atoms with van der Waals surface area (Å²) in [5.41, 5.74) is 1.68. The van der Waals surface area contributed by atoms with Gasteiger partial charge in [-0.15, -0.1) is 11.3 Å². The fourth-order valence-corrected chi connectivity index (χ4v) is 4.75. The summed E-state index contributed by atoms with van der Waals surface area (Å²) in [6, 6.07) is 9.39. The lowest BCUT2D eigenvalue weighted by atomic mass is 10.1. The molecule has 0 spiro atoms. The van der Waals surface area contributed by atoms with E-state index in [4.69, 9.17) is 4.98 Å². The third-order valence-electron chi connectivity index (χ3n) is 5.62. The van der Waals surface area contributed by atoms with Crippen molar-refractivity contribution in [3.63, 3.8) is 0 Å². The lowest BCUT2D eigenvalue weighted by Gasteiger charge is -2.37. The molecule has 0 radical (unpaired) electrons. The SMILES string of the molecule is Cc1sc2nc([C@@H](C)N3CCN(C(=O)c4ccccc4)CC3)[nH]c(=O)c2c1C. The molecule has 28 heavy (non-hydrogen) atoms. The van der Waals surface area contributed by atoms with Crippen LogP contribution in [-0.2, 0) is 0 Å². The minimum atomic E-state index is -0.0633. The predicted molar refractivity (Wildman–Crippen MR) is 112 cm³/mol. The second-order valence-corrected chi connectivity index (χ2v) is 8.49. The predicted octanol–water partition coefficient (Wildman–Crippen LogP) is 3.12. The number of fused-ring (bicyclic) bond motifs is 1. The number of nitrogens with one attached hydrogen (secondary N) is 1. The van der Waals surface area contributed by atoms with E-state index in [1.807, 2.05) is 49.1 Å². The number of amides is 1. The van der Waals surface area contributed by atoms with Crippen molar-refractivity contribution in [1.29, 1.82) is 0 Å². The Hall–Kier alpha value is -2.51. The lowest BCUT2D eigenvalue weighted by Crippen LogP contribution is -2.49. The van der Waals surface area contributed by atoms with Gasteiger partial charge in [0.05, 0.1) is 11.4 Å². The van der Waals surface area contributed by atoms with Crippen LogP contribution in [0, 0.1) is 13.8 Å². The normalized spacial score (nSPS) is 16.5. The highest BCUT2D eigenvalue weighted by Gasteiger charge is 2.27. The molecular formula is C21H24N4O2S. The maximum Gasteiger partial charge on any atom is 0.259 e. The van der Waals surface area contributed by atoms with Gasteiger partial charge in [-0.3, -0.25) is 14.5 Å². The first kappa shape index (κ1) is 18.8. The molecule has 6 nitrogen and oxygen atoms in total. The van der Waals surface area contributed by atoms with Crippen LogP contribution < -0.4 is 5.56 Å². The summed E-state index contributed by atoms with van der Waals surface area (Å²) in [6.45, 7) is 8.90. The number of aromatic nitrogens is 2. The summed E-state index contributed by atoms with van der Waals surface area (Å²) in [5, 5.41) is 0.705. The van der Waals surface area contributed by atoms with Crippen molar-refractivity contribution in [2.75, 3.05) is 26.2 Å². The van der Waals surface area contributed by atoms with Crippen molar-refractivity contribution in [2.45, 2.75) is 26.8 Å². The number of aryl methyl sites for hydroxylation is 2. The molecule has 0 bridgehead atoms. The number of nitrogens with zero attached hydrogens (tertiary/aromatic N) is 3. The number of piperazine rings is 1. The summed E-state index contributed by atoms with van der Waals surface area (Å²) >= 11 is 1.57. The summed E-state index contributed by atoms with van der Waals surface area (Å²) < 4.78 is 0. The fraction of sp³-hybridized carbons (Fsp3) is 0.381. The molecule has 0 unspecified atom stereocenters. The van der Waals surface area contributed by atoms with Crippen molar-refractivity contribution in [1.82, 2.24) is 19.8 Å². The third kappa shape index (κ3) is 3.36. The van der Waals surface area contributed by atoms with E-state index < -0.39 is 0 Å². The first-order valence-corrected chi connectivity index (χ1v) is 10.4. The summed E-state index contributed by atoms with van der Waals surface area (Å²) in [5.74, 6) is 0.770. The van der Waals surface area contributed by atoms with Crippen molar-refractivity contribution < 1.29 is 4.79 Å². The van der Waals surface area contributed by atoms with Crippen molar-refractivity contribution in [3.8, 4) is 0 Å². The number of benzene rings is 1. The first-order valence-electron chi connectivity index (χ1n) is 9.54. The molecule has 1 saturated heterocycles. The standard InChI is InChI=1S/C21H24N4O2S/c1-13-15(3)28-20-17(13)19(26)22-18(23-20)14(2)24-9-11-25(12-10-24)21(27)16-7-5-4-6-8-16/h4-8,14H,9-12H2,1-3H3,(H,22,23,26)/t14-/m1/s1. The largest absolute Gasteiger partial charge is 0.336 e. The fourth-order valence-electron chi connectivity index (χ4n) is 3.72. The van der Waals surface area contributed by atoms with Crippen LogP contribution in [0.2, 0.25) is 0 Å². The van der Waals surface area contributed by atoms with E-state index in [0.717, 1.165) is 33.9 Å². The molecule has 146 valence electrons. The molecule has 2 aromatic heterocycles. The number of aromatic amines is 1. The Morgan fingerprint density at radius 1 is 1.14 bits per heavy atom. The Balaban J connectivity index is 1.48. The Labute approximate surface area is 167 Å². The number of thiophene rings is 1. The van der Waals surface area contributed by atoms with E-state index in [1.54, 1.807) is 11.3 Å². The van der Waals surface area contributed by atoms with Gasteiger partial charge in [0.25, 0.3) is 11.5 Å². The van der Waals surface area contributed by atoms with Crippen LogP contribution in [0.15, 0.2) is 35.1 Å². The topological polar surface area (TPSA) is 69.3 Å². The summed E-state index contributed by atoms with van der Waals surface area (Å²) in [4.78, 5) is 39.0. The van der Waals surface area contributed by atoms with Crippen LogP contribution in [-0.4, -0.2) is 51.9 Å². The van der Waals surface area contributed by atoms with Gasteiger partial charge in [0, 0.05) is 36.6 Å². The van der Waals surface area contributed by atoms with Crippen LogP contribution in [0.25, 0.3) is 10.2 Å². The van der Waals surface area contributed by atoms with E-state index >= 15 is 0 Å². The molecule has 0 saturated carbocycles. The zero-order valence-corrected chi connectivity index (χ0v) is 17.2. The molecular weight excluding hydrogens is 372 g/mol. The zero-order valence-electron chi connectivity index (χ0n) is 16.4. The van der Waals surface area contributed by atoms with Crippen LogP contribution >= 0.6 is 11.3 Å². The quantitative estimate of drug-likeness (QED) is 0.739. The Kier molecular flexibility index (Phi) is 5.03. The van der Waals surface area contributed by atoms with Crippen molar-refractivity contribution >= 4 is 27.5 Å². The number of carbonyl (C=O) groups excluding carboxylic acids is 1. The van der Waals surface area contributed by atoms with Gasteiger partial charge in [-0.25, -0.2) is 4.98 Å². The highest BCUT2D eigenvalue weighted by Crippen LogP contribution is 2.27. The molecule has 1 aliphatic rings. The molecule has 3 aromatic rings. The monoisotopic (exact) mass is 396 g/mol. The van der Waals surface area contributed by atoms with Gasteiger partial charge >= 0.3 is 0 Å². The van der Waals surface area contributed by atoms with Gasteiger partial charge in [0.15, 0.2) is 0 Å². The molecule has 1 amide bonds. The number of hydrogen-bond donors (Lipinski definition) is 1. The average Bonchev–Trinajstić information content (AvgIpc) is 3.01. The third-order valence-corrected chi connectivity index (χ3v) is 6.72. The Morgan fingerprint density at radius 2 is 1.82 bits per heavy atom. The Morgan fingerprint density at radius 3 is 2.50 bits per heavy atom. The van der Waals surface area contributed by atoms with Crippen LogP contribution in [0.4, 0.5) is 0 Å².